The lowest BCUT2D eigenvalue weighted by Gasteiger charge is -2.23. The Kier molecular flexibility index (Phi) is 6.29. The van der Waals surface area contributed by atoms with Crippen LogP contribution < -0.4 is 5.32 Å². The molecule has 2 unspecified atom stereocenters. The average molecular weight is 272 g/mol. The average Bonchev–Trinajstić information content (AvgIpc) is 2.62. The van der Waals surface area contributed by atoms with E-state index in [0.29, 0.717) is 18.2 Å². The summed E-state index contributed by atoms with van der Waals surface area (Å²) < 4.78 is 6.14. The van der Waals surface area contributed by atoms with Crippen molar-refractivity contribution in [1.82, 2.24) is 10.2 Å². The van der Waals surface area contributed by atoms with Crippen molar-refractivity contribution in [2.24, 2.45) is 0 Å². The highest BCUT2D eigenvalue weighted by atomic mass is 32.2. The molecule has 0 saturated carbocycles. The van der Waals surface area contributed by atoms with Gasteiger partial charge < -0.3 is 10.1 Å². The van der Waals surface area contributed by atoms with E-state index in [-0.39, 0.29) is 0 Å². The monoisotopic (exact) mass is 272 g/mol. The van der Waals surface area contributed by atoms with Gasteiger partial charge in [0.15, 0.2) is 0 Å². The van der Waals surface area contributed by atoms with Crippen LogP contribution in [0.25, 0.3) is 0 Å². The molecule has 0 spiro atoms. The number of rotatable bonds is 5. The summed E-state index contributed by atoms with van der Waals surface area (Å²) in [6.07, 6.45) is 4.74. The number of hydrogen-bond acceptors (Lipinski definition) is 4. The Morgan fingerprint density at radius 3 is 2.89 bits per heavy atom. The molecule has 1 N–H and O–H groups in total. The molecule has 0 bridgehead atoms. The molecule has 2 aliphatic heterocycles. The molecule has 0 radical (unpaired) electrons. The lowest BCUT2D eigenvalue weighted by Crippen LogP contribution is -2.36. The second-order valence-corrected chi connectivity index (χ2v) is 7.01. The van der Waals surface area contributed by atoms with E-state index >= 15 is 0 Å². The van der Waals surface area contributed by atoms with Gasteiger partial charge in [-0.3, -0.25) is 4.90 Å². The van der Waals surface area contributed by atoms with Crippen molar-refractivity contribution >= 4 is 11.8 Å². The molecule has 0 aliphatic carbocycles. The van der Waals surface area contributed by atoms with E-state index in [1.54, 1.807) is 0 Å². The van der Waals surface area contributed by atoms with Gasteiger partial charge in [-0.05, 0) is 31.6 Å². The van der Waals surface area contributed by atoms with E-state index in [1.165, 1.54) is 43.9 Å². The summed E-state index contributed by atoms with van der Waals surface area (Å²) in [5.41, 5.74) is 0. The van der Waals surface area contributed by atoms with E-state index < -0.39 is 0 Å². The summed E-state index contributed by atoms with van der Waals surface area (Å²) in [6, 6.07) is 0.565. The standard InChI is InChI=1S/C14H28N2OS/c1-12(2)15-10-13-4-5-14(17-13)11-16-6-3-8-18-9-7-16/h12-15H,3-11H2,1-2H3. The Labute approximate surface area is 116 Å². The van der Waals surface area contributed by atoms with Crippen LogP contribution in [0.5, 0.6) is 0 Å². The molecule has 2 atom stereocenters. The van der Waals surface area contributed by atoms with Gasteiger partial charge in [0.25, 0.3) is 0 Å². The van der Waals surface area contributed by atoms with E-state index in [2.05, 4.69) is 35.8 Å². The highest BCUT2D eigenvalue weighted by Crippen LogP contribution is 2.21. The Bertz CT molecular complexity index is 230. The first-order valence-electron chi connectivity index (χ1n) is 7.43. The summed E-state index contributed by atoms with van der Waals surface area (Å²) >= 11 is 2.10. The van der Waals surface area contributed by atoms with Crippen LogP contribution in [0, 0.1) is 0 Å². The molecular weight excluding hydrogens is 244 g/mol. The third-order valence-corrected chi connectivity index (χ3v) is 4.77. The number of nitrogens with zero attached hydrogens (tertiary/aromatic N) is 1. The highest BCUT2D eigenvalue weighted by Gasteiger charge is 2.26. The topological polar surface area (TPSA) is 24.5 Å². The fraction of sp³-hybridized carbons (Fsp3) is 1.00. The lowest BCUT2D eigenvalue weighted by molar-refractivity contribution is 0.0240. The summed E-state index contributed by atoms with van der Waals surface area (Å²) in [5, 5.41) is 3.48. The quantitative estimate of drug-likeness (QED) is 0.827. The largest absolute Gasteiger partial charge is 0.372 e. The molecule has 4 heteroatoms. The van der Waals surface area contributed by atoms with E-state index in [1.807, 2.05) is 0 Å². The van der Waals surface area contributed by atoms with E-state index in [4.69, 9.17) is 4.74 Å². The molecule has 2 aliphatic rings. The maximum atomic E-state index is 6.14. The van der Waals surface area contributed by atoms with Gasteiger partial charge in [0.05, 0.1) is 12.2 Å². The fourth-order valence-corrected chi connectivity index (χ4v) is 3.62. The zero-order valence-corrected chi connectivity index (χ0v) is 12.7. The molecule has 18 heavy (non-hydrogen) atoms. The maximum absolute atomic E-state index is 6.14. The van der Waals surface area contributed by atoms with Gasteiger partial charge in [-0.25, -0.2) is 0 Å². The first kappa shape index (κ1) is 14.6. The Balaban J connectivity index is 1.65. The molecular formula is C14H28N2OS. The summed E-state index contributed by atoms with van der Waals surface area (Å²) in [6.45, 7) is 9.08. The van der Waals surface area contributed by atoms with Crippen LogP contribution in [-0.2, 0) is 4.74 Å². The van der Waals surface area contributed by atoms with Gasteiger partial charge in [0.1, 0.15) is 0 Å². The van der Waals surface area contributed by atoms with Crippen molar-refractivity contribution in [3.8, 4) is 0 Å². The molecule has 2 heterocycles. The summed E-state index contributed by atoms with van der Waals surface area (Å²) in [4.78, 5) is 2.60. The van der Waals surface area contributed by atoms with Gasteiger partial charge in [-0.15, -0.1) is 0 Å². The van der Waals surface area contributed by atoms with Crippen LogP contribution in [0.1, 0.15) is 33.1 Å². The van der Waals surface area contributed by atoms with Crippen LogP contribution in [0.4, 0.5) is 0 Å². The number of thioether (sulfide) groups is 1. The van der Waals surface area contributed by atoms with Crippen molar-refractivity contribution in [2.45, 2.75) is 51.4 Å². The molecule has 0 aromatic rings. The second kappa shape index (κ2) is 7.73. The number of hydrogen-bond donors (Lipinski definition) is 1. The highest BCUT2D eigenvalue weighted by molar-refractivity contribution is 7.99. The third kappa shape index (κ3) is 5.08. The smallest absolute Gasteiger partial charge is 0.0707 e. The Hall–Kier alpha value is 0.230. The predicted molar refractivity (Wildman–Crippen MR) is 79.4 cm³/mol. The van der Waals surface area contributed by atoms with Gasteiger partial charge in [-0.2, -0.15) is 11.8 Å². The molecule has 106 valence electrons. The Morgan fingerprint density at radius 2 is 2.06 bits per heavy atom. The zero-order chi connectivity index (χ0) is 12.8. The molecule has 2 fully saturated rings. The molecule has 0 aromatic heterocycles. The van der Waals surface area contributed by atoms with Gasteiger partial charge in [-0.1, -0.05) is 13.8 Å². The third-order valence-electron chi connectivity index (χ3n) is 3.73. The van der Waals surface area contributed by atoms with Crippen molar-refractivity contribution in [1.29, 1.82) is 0 Å². The first-order valence-corrected chi connectivity index (χ1v) is 8.58. The molecule has 2 saturated heterocycles. The first-order chi connectivity index (χ1) is 8.74. The predicted octanol–water partition coefficient (Wildman–Crippen LogP) is 1.97. The normalized spacial score (nSPS) is 30.8. The summed E-state index contributed by atoms with van der Waals surface area (Å²) in [5.74, 6) is 2.63. The van der Waals surface area contributed by atoms with Gasteiger partial charge >= 0.3 is 0 Å². The number of nitrogens with one attached hydrogen (secondary N) is 1. The second-order valence-electron chi connectivity index (χ2n) is 5.79. The molecule has 2 rings (SSSR count). The van der Waals surface area contributed by atoms with Gasteiger partial charge in [0, 0.05) is 31.4 Å². The SMILES string of the molecule is CC(C)NCC1CCC(CN2CCCSCC2)O1. The minimum atomic E-state index is 0.443. The maximum Gasteiger partial charge on any atom is 0.0707 e. The van der Waals surface area contributed by atoms with Crippen LogP contribution >= 0.6 is 11.8 Å². The van der Waals surface area contributed by atoms with Crippen LogP contribution in [-0.4, -0.2) is 60.8 Å². The zero-order valence-electron chi connectivity index (χ0n) is 11.9. The van der Waals surface area contributed by atoms with Crippen LogP contribution in [0.15, 0.2) is 0 Å². The summed E-state index contributed by atoms with van der Waals surface area (Å²) in [7, 11) is 0. The minimum Gasteiger partial charge on any atom is -0.372 e. The van der Waals surface area contributed by atoms with E-state index in [0.717, 1.165) is 13.1 Å². The lowest BCUT2D eigenvalue weighted by atomic mass is 10.2. The van der Waals surface area contributed by atoms with Crippen molar-refractivity contribution in [3.05, 3.63) is 0 Å². The minimum absolute atomic E-state index is 0.443. The van der Waals surface area contributed by atoms with Crippen molar-refractivity contribution < 1.29 is 4.74 Å². The van der Waals surface area contributed by atoms with Crippen LogP contribution in [0.2, 0.25) is 0 Å². The van der Waals surface area contributed by atoms with E-state index in [9.17, 15) is 0 Å². The van der Waals surface area contributed by atoms with Crippen molar-refractivity contribution in [3.63, 3.8) is 0 Å². The van der Waals surface area contributed by atoms with Crippen LogP contribution in [0.3, 0.4) is 0 Å². The molecule has 0 aromatic carbocycles. The van der Waals surface area contributed by atoms with Gasteiger partial charge in [0.2, 0.25) is 0 Å². The molecule has 3 nitrogen and oxygen atoms in total. The Morgan fingerprint density at radius 1 is 1.22 bits per heavy atom. The molecule has 0 amide bonds. The fourth-order valence-electron chi connectivity index (χ4n) is 2.70. The van der Waals surface area contributed by atoms with Crippen molar-refractivity contribution in [2.75, 3.05) is 37.7 Å². The number of ether oxygens (including phenoxy) is 1.